The Kier molecular flexibility index (Phi) is 10.5. The third-order valence-electron chi connectivity index (χ3n) is 6.70. The van der Waals surface area contributed by atoms with Crippen LogP contribution in [0, 0.1) is 6.92 Å². The van der Waals surface area contributed by atoms with E-state index in [0.717, 1.165) is 22.3 Å². The first-order chi connectivity index (χ1) is 18.9. The molecule has 4 rings (SSSR count). The summed E-state index contributed by atoms with van der Waals surface area (Å²) >= 11 is 0. The number of amides is 2. The van der Waals surface area contributed by atoms with E-state index in [9.17, 15) is 18.0 Å². The molecule has 11 heteroatoms. The van der Waals surface area contributed by atoms with Crippen LogP contribution < -0.4 is 15.8 Å². The van der Waals surface area contributed by atoms with Gasteiger partial charge in [0.25, 0.3) is 10.0 Å². The molecule has 1 heterocycles. The van der Waals surface area contributed by atoms with Crippen LogP contribution >= 0.6 is 12.4 Å². The van der Waals surface area contributed by atoms with Gasteiger partial charge in [0.15, 0.2) is 0 Å². The molecule has 41 heavy (non-hydrogen) atoms. The summed E-state index contributed by atoms with van der Waals surface area (Å²) in [6.45, 7) is 6.04. The molecule has 0 saturated carbocycles. The van der Waals surface area contributed by atoms with E-state index in [2.05, 4.69) is 10.0 Å². The van der Waals surface area contributed by atoms with Crippen molar-refractivity contribution in [3.63, 3.8) is 0 Å². The number of hydrogen-bond acceptors (Lipinski definition) is 6. The van der Waals surface area contributed by atoms with Gasteiger partial charge in [-0.05, 0) is 68.1 Å². The van der Waals surface area contributed by atoms with E-state index >= 15 is 0 Å². The lowest BCUT2D eigenvalue weighted by molar-refractivity contribution is -0.140. The Morgan fingerprint density at radius 3 is 2.37 bits per heavy atom. The number of rotatable bonds is 10. The molecule has 0 aliphatic carbocycles. The van der Waals surface area contributed by atoms with Crippen LogP contribution in [0.2, 0.25) is 0 Å². The van der Waals surface area contributed by atoms with E-state index in [0.29, 0.717) is 25.3 Å². The van der Waals surface area contributed by atoms with Crippen molar-refractivity contribution in [2.75, 3.05) is 17.9 Å². The number of carbonyl (C=O) groups is 2. The molecule has 0 unspecified atom stereocenters. The number of aryl methyl sites for hydroxylation is 1. The maximum Gasteiger partial charge on any atom is 0.261 e. The number of ether oxygens (including phenoxy) is 1. The number of sulfonamides is 1. The Morgan fingerprint density at radius 2 is 1.71 bits per heavy atom. The van der Waals surface area contributed by atoms with Crippen molar-refractivity contribution in [1.82, 2.24) is 10.2 Å². The van der Waals surface area contributed by atoms with Crippen LogP contribution in [-0.4, -0.2) is 49.9 Å². The summed E-state index contributed by atoms with van der Waals surface area (Å²) in [5, 5.41) is 2.76. The quantitative estimate of drug-likeness (QED) is 0.326. The first-order valence-corrected chi connectivity index (χ1v) is 14.6. The summed E-state index contributed by atoms with van der Waals surface area (Å²) in [6, 6.07) is 20.6. The highest BCUT2D eigenvalue weighted by Gasteiger charge is 2.32. The Morgan fingerprint density at radius 1 is 1.02 bits per heavy atom. The largest absolute Gasteiger partial charge is 0.374 e. The van der Waals surface area contributed by atoms with Crippen LogP contribution in [0.25, 0.3) is 0 Å². The maximum atomic E-state index is 13.6. The lowest BCUT2D eigenvalue weighted by atomic mass is 9.98. The molecule has 3 aromatic rings. The highest BCUT2D eigenvalue weighted by atomic mass is 35.5. The Labute approximate surface area is 247 Å². The molecule has 9 nitrogen and oxygen atoms in total. The van der Waals surface area contributed by atoms with Gasteiger partial charge >= 0.3 is 0 Å². The molecule has 2 amide bonds. The standard InChI is InChI=1S/C30H36N4O5S.ClH/c1-21-9-13-26(14-10-21)40(37,38)33-25-12-11-23-15-16-34(18-24(23)17-25)28(35)27(32-29(36)30(2,3)31)20-39-19-22-7-5-4-6-8-22;/h4-14,17,27,33H,15-16,18-20,31H2,1-3H3,(H,32,36);1H/t27-;/m1./s1. The van der Waals surface area contributed by atoms with Crippen molar-refractivity contribution in [3.05, 3.63) is 95.1 Å². The third-order valence-corrected chi connectivity index (χ3v) is 8.10. The van der Waals surface area contributed by atoms with Crippen molar-refractivity contribution >= 4 is 39.9 Å². The molecule has 1 atom stereocenters. The smallest absolute Gasteiger partial charge is 0.261 e. The van der Waals surface area contributed by atoms with Crippen molar-refractivity contribution in [2.24, 2.45) is 5.73 Å². The summed E-state index contributed by atoms with van der Waals surface area (Å²) in [6.07, 6.45) is 0.597. The topological polar surface area (TPSA) is 131 Å². The molecule has 0 bridgehead atoms. The monoisotopic (exact) mass is 600 g/mol. The molecule has 0 aromatic heterocycles. The van der Waals surface area contributed by atoms with Gasteiger partial charge in [-0.3, -0.25) is 14.3 Å². The molecular formula is C30H37ClN4O5S. The molecule has 0 saturated heterocycles. The lowest BCUT2D eigenvalue weighted by Gasteiger charge is -2.33. The molecule has 220 valence electrons. The van der Waals surface area contributed by atoms with Crippen LogP contribution in [0.4, 0.5) is 5.69 Å². The highest BCUT2D eigenvalue weighted by Crippen LogP contribution is 2.25. The number of nitrogens with one attached hydrogen (secondary N) is 2. The number of hydrogen-bond donors (Lipinski definition) is 3. The SMILES string of the molecule is Cc1ccc(S(=O)(=O)Nc2ccc3c(c2)CN(C(=O)[C@@H](COCc2ccccc2)NC(=O)C(C)(C)N)CC3)cc1.Cl. The van der Waals surface area contributed by atoms with Crippen LogP contribution in [0.1, 0.15) is 36.1 Å². The van der Waals surface area contributed by atoms with Crippen molar-refractivity contribution in [2.45, 2.75) is 56.8 Å². The fraction of sp³-hybridized carbons (Fsp3) is 0.333. The summed E-state index contributed by atoms with van der Waals surface area (Å²) < 4.78 is 34.2. The van der Waals surface area contributed by atoms with E-state index in [1.165, 1.54) is 0 Å². The van der Waals surface area contributed by atoms with Gasteiger partial charge in [0, 0.05) is 18.8 Å². The van der Waals surface area contributed by atoms with Crippen LogP contribution in [0.5, 0.6) is 0 Å². The van der Waals surface area contributed by atoms with Crippen molar-refractivity contribution in [1.29, 1.82) is 0 Å². The van der Waals surface area contributed by atoms with Gasteiger partial charge < -0.3 is 20.7 Å². The first-order valence-electron chi connectivity index (χ1n) is 13.1. The summed E-state index contributed by atoms with van der Waals surface area (Å²) in [4.78, 5) is 28.1. The third kappa shape index (κ3) is 8.53. The zero-order valence-corrected chi connectivity index (χ0v) is 25.1. The molecule has 1 aliphatic heterocycles. The van der Waals surface area contributed by atoms with Crippen LogP contribution in [-0.2, 0) is 43.9 Å². The minimum Gasteiger partial charge on any atom is -0.374 e. The minimum atomic E-state index is -3.77. The number of fused-ring (bicyclic) bond motifs is 1. The summed E-state index contributed by atoms with van der Waals surface area (Å²) in [7, 11) is -3.77. The molecule has 0 fully saturated rings. The number of anilines is 1. The van der Waals surface area contributed by atoms with Gasteiger partial charge in [-0.2, -0.15) is 0 Å². The lowest BCUT2D eigenvalue weighted by Crippen LogP contribution is -2.58. The molecule has 4 N–H and O–H groups in total. The zero-order valence-electron chi connectivity index (χ0n) is 23.4. The number of nitrogens with zero attached hydrogens (tertiary/aromatic N) is 1. The minimum absolute atomic E-state index is 0. The number of benzene rings is 3. The summed E-state index contributed by atoms with van der Waals surface area (Å²) in [5.41, 5.74) is 8.99. The van der Waals surface area contributed by atoms with E-state index in [-0.39, 0.29) is 36.4 Å². The molecule has 3 aromatic carbocycles. The highest BCUT2D eigenvalue weighted by molar-refractivity contribution is 7.92. The van der Waals surface area contributed by atoms with E-state index in [1.54, 1.807) is 55.1 Å². The predicted octanol–water partition coefficient (Wildman–Crippen LogP) is 3.54. The average Bonchev–Trinajstić information content (AvgIpc) is 2.91. The second-order valence-electron chi connectivity index (χ2n) is 10.7. The number of halogens is 1. The number of carbonyl (C=O) groups excluding carboxylic acids is 2. The van der Waals surface area contributed by atoms with Crippen molar-refractivity contribution in [3.8, 4) is 0 Å². The summed E-state index contributed by atoms with van der Waals surface area (Å²) in [5.74, 6) is -0.749. The molecule has 0 spiro atoms. The Bertz CT molecular complexity index is 1460. The van der Waals surface area contributed by atoms with Gasteiger partial charge in [-0.1, -0.05) is 54.1 Å². The van der Waals surface area contributed by atoms with Crippen LogP contribution in [0.3, 0.4) is 0 Å². The predicted molar refractivity (Wildman–Crippen MR) is 161 cm³/mol. The van der Waals surface area contributed by atoms with Crippen molar-refractivity contribution < 1.29 is 22.7 Å². The van der Waals surface area contributed by atoms with E-state index in [4.69, 9.17) is 10.5 Å². The Hall–Kier alpha value is -3.44. The van der Waals surface area contributed by atoms with Gasteiger partial charge in [0.1, 0.15) is 6.04 Å². The Balaban J connectivity index is 0.00000462. The normalized spacial score (nSPS) is 13.9. The first kappa shape index (κ1) is 32.1. The average molecular weight is 601 g/mol. The van der Waals surface area contributed by atoms with E-state index in [1.807, 2.05) is 43.3 Å². The van der Waals surface area contributed by atoms with Gasteiger partial charge in [0.05, 0.1) is 23.6 Å². The van der Waals surface area contributed by atoms with E-state index < -0.39 is 27.5 Å². The van der Waals surface area contributed by atoms with Gasteiger partial charge in [-0.25, -0.2) is 8.42 Å². The zero-order chi connectivity index (χ0) is 28.9. The fourth-order valence-electron chi connectivity index (χ4n) is 4.35. The number of nitrogens with two attached hydrogens (primary N) is 1. The maximum absolute atomic E-state index is 13.6. The van der Waals surface area contributed by atoms with Gasteiger partial charge in [-0.15, -0.1) is 12.4 Å². The second kappa shape index (κ2) is 13.5. The second-order valence-corrected chi connectivity index (χ2v) is 12.3. The molecular weight excluding hydrogens is 564 g/mol. The molecule has 1 aliphatic rings. The fourth-order valence-corrected chi connectivity index (χ4v) is 5.40. The molecule has 0 radical (unpaired) electrons. The van der Waals surface area contributed by atoms with Gasteiger partial charge in [0.2, 0.25) is 11.8 Å². The van der Waals surface area contributed by atoms with Crippen LogP contribution in [0.15, 0.2) is 77.7 Å².